The van der Waals surface area contributed by atoms with E-state index in [1.807, 2.05) is 12.1 Å². The number of carbonyl (C=O) groups is 1. The molecule has 2 rings (SSSR count). The van der Waals surface area contributed by atoms with Crippen LogP contribution in [0.3, 0.4) is 0 Å². The maximum absolute atomic E-state index is 12.4. The van der Waals surface area contributed by atoms with E-state index in [4.69, 9.17) is 5.73 Å². The Morgan fingerprint density at radius 3 is 2.36 bits per heavy atom. The molecule has 152 valence electrons. The number of nitrogens with two attached hydrogens (primary N) is 1. The Morgan fingerprint density at radius 1 is 1.11 bits per heavy atom. The van der Waals surface area contributed by atoms with Gasteiger partial charge >= 0.3 is 6.36 Å². The molecule has 0 bridgehead atoms. The lowest BCUT2D eigenvalue weighted by molar-refractivity contribution is -0.274. The highest BCUT2D eigenvalue weighted by Crippen LogP contribution is 2.29. The van der Waals surface area contributed by atoms with Crippen LogP contribution in [0, 0.1) is 0 Å². The van der Waals surface area contributed by atoms with Gasteiger partial charge in [0.25, 0.3) is 0 Å². The molecule has 0 spiro atoms. The summed E-state index contributed by atoms with van der Waals surface area (Å²) in [7, 11) is 0. The molecular weight excluding hydrogens is 488 g/mol. The fraction of sp³-hybridized carbons (Fsp3) is 0.222. The Labute approximate surface area is 177 Å². The summed E-state index contributed by atoms with van der Waals surface area (Å²) in [6.07, 6.45) is -4.23. The summed E-state index contributed by atoms with van der Waals surface area (Å²) in [4.78, 5) is 15.1. The van der Waals surface area contributed by atoms with Crippen molar-refractivity contribution in [2.45, 2.75) is 19.7 Å². The smallest absolute Gasteiger partial charge is 0.404 e. The second-order valence-electron chi connectivity index (χ2n) is 5.56. The minimum absolute atomic E-state index is 0. The third-order valence-corrected chi connectivity index (χ3v) is 3.33. The Bertz CT molecular complexity index is 811. The summed E-state index contributed by atoms with van der Waals surface area (Å²) < 4.78 is 41.2. The SMILES string of the molecule is CC(=O)Nc1ccc(CCN=C(N)Nc2ccccc2OC(F)(F)F)cc1.I. The van der Waals surface area contributed by atoms with Gasteiger partial charge in [-0.3, -0.25) is 9.79 Å². The molecule has 10 heteroatoms. The number of halogens is 4. The van der Waals surface area contributed by atoms with Gasteiger partial charge in [0.1, 0.15) is 0 Å². The minimum atomic E-state index is -4.80. The molecule has 0 radical (unpaired) electrons. The molecule has 0 aliphatic heterocycles. The van der Waals surface area contributed by atoms with Gasteiger partial charge in [0.2, 0.25) is 5.91 Å². The van der Waals surface area contributed by atoms with Gasteiger partial charge in [0.05, 0.1) is 5.69 Å². The second kappa shape index (κ2) is 10.7. The predicted molar refractivity (Wildman–Crippen MR) is 113 cm³/mol. The van der Waals surface area contributed by atoms with Crippen molar-refractivity contribution in [2.24, 2.45) is 10.7 Å². The first-order chi connectivity index (χ1) is 12.7. The van der Waals surface area contributed by atoms with Gasteiger partial charge in [0, 0.05) is 19.2 Å². The first-order valence-electron chi connectivity index (χ1n) is 8.01. The maximum Gasteiger partial charge on any atom is 0.573 e. The molecule has 0 saturated carbocycles. The molecule has 0 atom stereocenters. The van der Waals surface area contributed by atoms with Crippen molar-refractivity contribution in [1.29, 1.82) is 0 Å². The molecule has 0 aromatic heterocycles. The summed E-state index contributed by atoms with van der Waals surface area (Å²) >= 11 is 0. The summed E-state index contributed by atoms with van der Waals surface area (Å²) in [5, 5.41) is 5.27. The molecule has 0 heterocycles. The van der Waals surface area contributed by atoms with Crippen LogP contribution in [0.5, 0.6) is 5.75 Å². The molecule has 28 heavy (non-hydrogen) atoms. The number of carbonyl (C=O) groups excluding carboxylic acids is 1. The fourth-order valence-electron chi connectivity index (χ4n) is 2.22. The highest BCUT2D eigenvalue weighted by molar-refractivity contribution is 14.0. The van der Waals surface area contributed by atoms with Crippen LogP contribution in [0.4, 0.5) is 24.5 Å². The molecule has 6 nitrogen and oxygen atoms in total. The summed E-state index contributed by atoms with van der Waals surface area (Å²) in [6.45, 7) is 1.76. The zero-order valence-corrected chi connectivity index (χ0v) is 17.2. The number of benzene rings is 2. The number of anilines is 2. The largest absolute Gasteiger partial charge is 0.573 e. The van der Waals surface area contributed by atoms with Crippen molar-refractivity contribution in [1.82, 2.24) is 0 Å². The van der Waals surface area contributed by atoms with Crippen LogP contribution in [-0.2, 0) is 11.2 Å². The van der Waals surface area contributed by atoms with Gasteiger partial charge < -0.3 is 21.1 Å². The topological polar surface area (TPSA) is 88.7 Å². The summed E-state index contributed by atoms with van der Waals surface area (Å²) in [5.74, 6) is -0.569. The van der Waals surface area contributed by atoms with E-state index in [-0.39, 0.29) is 41.5 Å². The average molecular weight is 508 g/mol. The number of amides is 1. The highest BCUT2D eigenvalue weighted by atomic mass is 127. The second-order valence-corrected chi connectivity index (χ2v) is 5.56. The number of nitrogens with zero attached hydrogens (tertiary/aromatic N) is 1. The van der Waals surface area contributed by atoms with E-state index in [1.54, 1.807) is 18.2 Å². The van der Waals surface area contributed by atoms with Crippen LogP contribution in [0.2, 0.25) is 0 Å². The Kier molecular flexibility index (Phi) is 9.03. The molecule has 0 fully saturated rings. The first kappa shape index (κ1) is 23.5. The lowest BCUT2D eigenvalue weighted by Gasteiger charge is -2.14. The monoisotopic (exact) mass is 508 g/mol. The molecule has 2 aromatic carbocycles. The van der Waals surface area contributed by atoms with Gasteiger partial charge in [-0.15, -0.1) is 37.1 Å². The number of ether oxygens (including phenoxy) is 1. The number of aliphatic imine (C=N–C) groups is 1. The van der Waals surface area contributed by atoms with Crippen molar-refractivity contribution in [2.75, 3.05) is 17.2 Å². The van der Waals surface area contributed by atoms with Gasteiger partial charge in [-0.2, -0.15) is 0 Å². The van der Waals surface area contributed by atoms with Crippen molar-refractivity contribution >= 4 is 47.2 Å². The number of hydrogen-bond donors (Lipinski definition) is 3. The van der Waals surface area contributed by atoms with E-state index < -0.39 is 12.1 Å². The van der Waals surface area contributed by atoms with Gasteiger partial charge in [-0.05, 0) is 36.2 Å². The first-order valence-corrected chi connectivity index (χ1v) is 8.01. The van der Waals surface area contributed by atoms with Gasteiger partial charge in [0.15, 0.2) is 11.7 Å². The highest BCUT2D eigenvalue weighted by Gasteiger charge is 2.32. The van der Waals surface area contributed by atoms with E-state index in [2.05, 4.69) is 20.4 Å². The Balaban J connectivity index is 0.00000392. The standard InChI is InChI=1S/C18H19F3N4O2.HI/c1-12(26)24-14-8-6-13(7-9-14)10-11-23-17(22)25-15-4-2-3-5-16(15)27-18(19,20)21;/h2-9H,10-11H2,1H3,(H,24,26)(H3,22,23,25);1H. The minimum Gasteiger partial charge on any atom is -0.404 e. The molecule has 0 unspecified atom stereocenters. The molecular formula is C18H20F3IN4O2. The Hall–Kier alpha value is -2.50. The zero-order chi connectivity index (χ0) is 19.9. The third kappa shape index (κ3) is 8.46. The number of para-hydroxylation sites is 2. The third-order valence-electron chi connectivity index (χ3n) is 3.33. The lowest BCUT2D eigenvalue weighted by Crippen LogP contribution is -2.24. The predicted octanol–water partition coefficient (Wildman–Crippen LogP) is 4.13. The van der Waals surface area contributed by atoms with Crippen LogP contribution in [0.25, 0.3) is 0 Å². The van der Waals surface area contributed by atoms with Crippen molar-refractivity contribution < 1.29 is 22.7 Å². The van der Waals surface area contributed by atoms with E-state index in [9.17, 15) is 18.0 Å². The fourth-order valence-corrected chi connectivity index (χ4v) is 2.22. The van der Waals surface area contributed by atoms with Crippen LogP contribution in [0.15, 0.2) is 53.5 Å². The summed E-state index contributed by atoms with van der Waals surface area (Å²) in [6, 6.07) is 12.8. The van der Waals surface area contributed by atoms with Gasteiger partial charge in [-0.25, -0.2) is 0 Å². The number of rotatable bonds is 6. The van der Waals surface area contributed by atoms with E-state index in [0.29, 0.717) is 18.7 Å². The summed E-state index contributed by atoms with van der Waals surface area (Å²) in [5.41, 5.74) is 7.47. The van der Waals surface area contributed by atoms with Crippen molar-refractivity contribution in [3.05, 3.63) is 54.1 Å². The molecule has 0 aliphatic rings. The van der Waals surface area contributed by atoms with Crippen LogP contribution in [0.1, 0.15) is 12.5 Å². The molecule has 0 saturated heterocycles. The maximum atomic E-state index is 12.4. The molecule has 2 aromatic rings. The normalized spacial score (nSPS) is 11.4. The average Bonchev–Trinajstić information content (AvgIpc) is 2.56. The number of hydrogen-bond acceptors (Lipinski definition) is 3. The van der Waals surface area contributed by atoms with Crippen LogP contribution >= 0.6 is 24.0 Å². The number of nitrogens with one attached hydrogen (secondary N) is 2. The Morgan fingerprint density at radius 2 is 1.75 bits per heavy atom. The van der Waals surface area contributed by atoms with E-state index >= 15 is 0 Å². The molecule has 1 amide bonds. The van der Waals surface area contributed by atoms with Crippen molar-refractivity contribution in [3.63, 3.8) is 0 Å². The lowest BCUT2D eigenvalue weighted by atomic mass is 10.1. The number of guanidine groups is 1. The van der Waals surface area contributed by atoms with E-state index in [0.717, 1.165) is 5.56 Å². The zero-order valence-electron chi connectivity index (χ0n) is 14.9. The van der Waals surface area contributed by atoms with Gasteiger partial charge in [-0.1, -0.05) is 24.3 Å². The van der Waals surface area contributed by atoms with Crippen LogP contribution < -0.4 is 21.1 Å². The van der Waals surface area contributed by atoms with Crippen LogP contribution in [-0.4, -0.2) is 24.8 Å². The van der Waals surface area contributed by atoms with E-state index in [1.165, 1.54) is 25.1 Å². The number of alkyl halides is 3. The molecule has 0 aliphatic carbocycles. The quantitative estimate of drug-likeness (QED) is 0.311. The van der Waals surface area contributed by atoms with Crippen molar-refractivity contribution in [3.8, 4) is 5.75 Å². The molecule has 4 N–H and O–H groups in total.